The molecular weight excluding hydrogens is 272 g/mol. The number of rotatable bonds is 4. The second-order valence-corrected chi connectivity index (χ2v) is 4.65. The lowest BCUT2D eigenvalue weighted by Gasteiger charge is -2.11. The number of nitro groups is 1. The molecule has 1 fully saturated rings. The van der Waals surface area contributed by atoms with Crippen molar-refractivity contribution in [1.82, 2.24) is 5.32 Å². The summed E-state index contributed by atoms with van der Waals surface area (Å²) >= 11 is 5.75. The Morgan fingerprint density at radius 2 is 2.37 bits per heavy atom. The molecule has 6 nitrogen and oxygen atoms in total. The van der Waals surface area contributed by atoms with Gasteiger partial charge in [0.25, 0.3) is 5.91 Å². The molecular formula is C12H13ClN2O4. The maximum atomic E-state index is 11.9. The third-order valence-corrected chi connectivity index (χ3v) is 3.23. The van der Waals surface area contributed by atoms with Crippen LogP contribution in [0, 0.1) is 10.1 Å². The van der Waals surface area contributed by atoms with Gasteiger partial charge in [-0.25, -0.2) is 0 Å². The number of nitrogens with one attached hydrogen (secondary N) is 1. The van der Waals surface area contributed by atoms with Gasteiger partial charge in [0.05, 0.1) is 11.0 Å². The number of nitrogens with zero attached hydrogens (tertiary/aromatic N) is 1. The zero-order valence-corrected chi connectivity index (χ0v) is 10.9. The van der Waals surface area contributed by atoms with E-state index < -0.39 is 10.8 Å². The van der Waals surface area contributed by atoms with Gasteiger partial charge in [-0.2, -0.15) is 0 Å². The Hall–Kier alpha value is -1.66. The fraction of sp³-hybridized carbons (Fsp3) is 0.417. The topological polar surface area (TPSA) is 81.5 Å². The zero-order chi connectivity index (χ0) is 13.8. The molecule has 1 aromatic carbocycles. The summed E-state index contributed by atoms with van der Waals surface area (Å²) in [5.41, 5.74) is -0.399. The van der Waals surface area contributed by atoms with Gasteiger partial charge < -0.3 is 10.1 Å². The molecule has 1 amide bonds. The number of carbonyl (C=O) groups excluding carboxylic acids is 1. The van der Waals surface area contributed by atoms with Crippen molar-refractivity contribution >= 4 is 23.2 Å². The van der Waals surface area contributed by atoms with E-state index in [0.29, 0.717) is 13.2 Å². The Kier molecular flexibility index (Phi) is 4.34. The van der Waals surface area contributed by atoms with Crippen LogP contribution in [0.3, 0.4) is 0 Å². The average Bonchev–Trinajstić information content (AvgIpc) is 2.88. The van der Waals surface area contributed by atoms with Crippen LogP contribution in [0.5, 0.6) is 0 Å². The fourth-order valence-corrected chi connectivity index (χ4v) is 2.23. The summed E-state index contributed by atoms with van der Waals surface area (Å²) < 4.78 is 5.37. The van der Waals surface area contributed by atoms with Gasteiger partial charge in [0, 0.05) is 13.2 Å². The Morgan fingerprint density at radius 3 is 3.00 bits per heavy atom. The molecule has 1 N–H and O–H groups in total. The van der Waals surface area contributed by atoms with Gasteiger partial charge in [-0.05, 0) is 25.0 Å². The van der Waals surface area contributed by atoms with Crippen LogP contribution >= 0.6 is 11.6 Å². The van der Waals surface area contributed by atoms with Gasteiger partial charge in [0.1, 0.15) is 10.6 Å². The van der Waals surface area contributed by atoms with E-state index in [-0.39, 0.29) is 22.4 Å². The largest absolute Gasteiger partial charge is 0.376 e. The predicted octanol–water partition coefficient (Wildman–Crippen LogP) is 2.16. The molecule has 102 valence electrons. The summed E-state index contributed by atoms with van der Waals surface area (Å²) in [6.45, 7) is 1.04. The highest BCUT2D eigenvalue weighted by Crippen LogP contribution is 2.28. The molecule has 0 aliphatic carbocycles. The lowest BCUT2D eigenvalue weighted by molar-refractivity contribution is -0.385. The summed E-state index contributed by atoms with van der Waals surface area (Å²) in [6, 6.07) is 4.28. The van der Waals surface area contributed by atoms with E-state index in [0.717, 1.165) is 12.8 Å². The van der Waals surface area contributed by atoms with Crippen molar-refractivity contribution in [2.45, 2.75) is 18.9 Å². The highest BCUT2D eigenvalue weighted by atomic mass is 35.5. The standard InChI is InChI=1S/C12H13ClN2O4/c13-10-5-1-4-9(11(10)15(17)18)12(16)14-7-8-3-2-6-19-8/h1,4-5,8H,2-3,6-7H2,(H,14,16). The first-order valence-electron chi connectivity index (χ1n) is 5.92. The quantitative estimate of drug-likeness (QED) is 0.678. The molecule has 1 aliphatic rings. The van der Waals surface area contributed by atoms with Crippen LogP contribution in [0.4, 0.5) is 5.69 Å². The lowest BCUT2D eigenvalue weighted by atomic mass is 10.1. The Balaban J connectivity index is 2.10. The highest BCUT2D eigenvalue weighted by molar-refractivity contribution is 6.33. The van der Waals surface area contributed by atoms with Gasteiger partial charge in [-0.3, -0.25) is 14.9 Å². The van der Waals surface area contributed by atoms with Gasteiger partial charge >= 0.3 is 5.69 Å². The summed E-state index contributed by atoms with van der Waals surface area (Å²) in [5, 5.41) is 13.5. The van der Waals surface area contributed by atoms with E-state index in [4.69, 9.17) is 16.3 Å². The molecule has 0 bridgehead atoms. The van der Waals surface area contributed by atoms with Crippen LogP contribution in [0.15, 0.2) is 18.2 Å². The van der Waals surface area contributed by atoms with E-state index in [1.807, 2.05) is 0 Å². The van der Waals surface area contributed by atoms with Gasteiger partial charge in [-0.15, -0.1) is 0 Å². The minimum Gasteiger partial charge on any atom is -0.376 e. The molecule has 0 radical (unpaired) electrons. The first-order valence-corrected chi connectivity index (χ1v) is 6.30. The molecule has 1 atom stereocenters. The smallest absolute Gasteiger partial charge is 0.300 e. The molecule has 1 aliphatic heterocycles. The van der Waals surface area contributed by atoms with Crippen molar-refractivity contribution in [2.75, 3.05) is 13.2 Å². The minimum absolute atomic E-state index is 0.0119. The van der Waals surface area contributed by atoms with Crippen LogP contribution in [0.1, 0.15) is 23.2 Å². The molecule has 19 heavy (non-hydrogen) atoms. The highest BCUT2D eigenvalue weighted by Gasteiger charge is 2.24. The molecule has 1 heterocycles. The van der Waals surface area contributed by atoms with Crippen molar-refractivity contribution < 1.29 is 14.5 Å². The number of para-hydroxylation sites is 1. The van der Waals surface area contributed by atoms with Crippen LogP contribution in [-0.4, -0.2) is 30.1 Å². The normalized spacial score (nSPS) is 18.3. The Morgan fingerprint density at radius 1 is 1.58 bits per heavy atom. The molecule has 0 saturated carbocycles. The third-order valence-electron chi connectivity index (χ3n) is 2.93. The van der Waals surface area contributed by atoms with Crippen LogP contribution in [0.2, 0.25) is 5.02 Å². The number of benzene rings is 1. The lowest BCUT2D eigenvalue weighted by Crippen LogP contribution is -2.32. The number of hydrogen-bond donors (Lipinski definition) is 1. The van der Waals surface area contributed by atoms with Crippen LogP contribution in [0.25, 0.3) is 0 Å². The molecule has 1 saturated heterocycles. The molecule has 0 spiro atoms. The first kappa shape index (κ1) is 13.8. The monoisotopic (exact) mass is 284 g/mol. The SMILES string of the molecule is O=C(NCC1CCCO1)c1cccc(Cl)c1[N+](=O)[O-]. The average molecular weight is 285 g/mol. The van der Waals surface area contributed by atoms with Crippen LogP contribution < -0.4 is 5.32 Å². The number of carbonyl (C=O) groups is 1. The molecule has 7 heteroatoms. The molecule has 2 rings (SSSR count). The van der Waals surface area contributed by atoms with E-state index >= 15 is 0 Å². The van der Waals surface area contributed by atoms with Gasteiger partial charge in [0.2, 0.25) is 0 Å². The first-order chi connectivity index (χ1) is 9.09. The number of hydrogen-bond acceptors (Lipinski definition) is 4. The number of nitro benzene ring substituents is 1. The molecule has 0 aromatic heterocycles. The van der Waals surface area contributed by atoms with Gasteiger partial charge in [0.15, 0.2) is 0 Å². The molecule has 1 aromatic rings. The van der Waals surface area contributed by atoms with Crippen molar-refractivity contribution in [1.29, 1.82) is 0 Å². The summed E-state index contributed by atoms with van der Waals surface area (Å²) in [7, 11) is 0. The Labute approximate surface area is 114 Å². The van der Waals surface area contributed by atoms with Crippen molar-refractivity contribution in [2.24, 2.45) is 0 Å². The van der Waals surface area contributed by atoms with Crippen molar-refractivity contribution in [3.8, 4) is 0 Å². The minimum atomic E-state index is -0.649. The number of ether oxygens (including phenoxy) is 1. The third kappa shape index (κ3) is 3.21. The second-order valence-electron chi connectivity index (χ2n) is 4.24. The second kappa shape index (κ2) is 5.99. The Bertz CT molecular complexity index is 501. The number of halogens is 1. The summed E-state index contributed by atoms with van der Waals surface area (Å²) in [6.07, 6.45) is 1.85. The summed E-state index contributed by atoms with van der Waals surface area (Å²) in [5.74, 6) is -0.510. The van der Waals surface area contributed by atoms with E-state index in [2.05, 4.69) is 5.32 Å². The van der Waals surface area contributed by atoms with Crippen molar-refractivity contribution in [3.05, 3.63) is 38.9 Å². The van der Waals surface area contributed by atoms with E-state index in [1.54, 1.807) is 0 Å². The predicted molar refractivity (Wildman–Crippen MR) is 69.4 cm³/mol. The summed E-state index contributed by atoms with van der Waals surface area (Å²) in [4.78, 5) is 22.2. The molecule has 1 unspecified atom stereocenters. The maximum Gasteiger partial charge on any atom is 0.300 e. The van der Waals surface area contributed by atoms with Gasteiger partial charge in [-0.1, -0.05) is 17.7 Å². The maximum absolute atomic E-state index is 11.9. The van der Waals surface area contributed by atoms with E-state index in [1.165, 1.54) is 18.2 Å². The zero-order valence-electron chi connectivity index (χ0n) is 10.1. The fourth-order valence-electron chi connectivity index (χ4n) is 1.99. The van der Waals surface area contributed by atoms with Crippen molar-refractivity contribution in [3.63, 3.8) is 0 Å². The van der Waals surface area contributed by atoms with Crippen LogP contribution in [-0.2, 0) is 4.74 Å². The number of amides is 1. The van der Waals surface area contributed by atoms with E-state index in [9.17, 15) is 14.9 Å².